The molecule has 1 heterocycles. The van der Waals surface area contributed by atoms with E-state index in [0.717, 1.165) is 37.8 Å². The molecule has 0 saturated carbocycles. The van der Waals surface area contributed by atoms with Gasteiger partial charge < -0.3 is 10.2 Å². The summed E-state index contributed by atoms with van der Waals surface area (Å²) in [5.74, 6) is 0.169. The van der Waals surface area contributed by atoms with E-state index in [4.69, 9.17) is 0 Å². The van der Waals surface area contributed by atoms with Gasteiger partial charge in [-0.05, 0) is 53.9 Å². The Morgan fingerprint density at radius 3 is 2.14 bits per heavy atom. The third kappa shape index (κ3) is 6.44. The van der Waals surface area contributed by atoms with E-state index in [1.807, 2.05) is 31.2 Å². The molecule has 1 fully saturated rings. The zero-order valence-corrected chi connectivity index (χ0v) is 18.6. The van der Waals surface area contributed by atoms with Crippen molar-refractivity contribution in [2.45, 2.75) is 97.2 Å². The van der Waals surface area contributed by atoms with Crippen molar-refractivity contribution in [2.24, 2.45) is 0 Å². The summed E-state index contributed by atoms with van der Waals surface area (Å²) in [5.41, 5.74) is 1.82. The minimum atomic E-state index is -0.00508. The van der Waals surface area contributed by atoms with Crippen molar-refractivity contribution in [1.82, 2.24) is 10.2 Å². The number of nitrogens with zero attached hydrogens (tertiary/aromatic N) is 1. The fourth-order valence-electron chi connectivity index (χ4n) is 4.58. The van der Waals surface area contributed by atoms with Gasteiger partial charge in [0, 0.05) is 42.1 Å². The second-order valence-corrected chi connectivity index (χ2v) is 9.68. The van der Waals surface area contributed by atoms with Crippen molar-refractivity contribution < 1.29 is 9.59 Å². The van der Waals surface area contributed by atoms with Crippen LogP contribution in [0.1, 0.15) is 89.1 Å². The standard InChI is InChI=1S/C24H38N2O2/c1-7-8-15-26(20-16-23(3,4)25-24(5,6)17-20)22(28)14-13-21(27)19-11-9-18(2)10-12-19/h9-12,20,25H,7-8,13-17H2,1-6H3. The van der Waals surface area contributed by atoms with Gasteiger partial charge in [-0.25, -0.2) is 0 Å². The molecule has 0 bridgehead atoms. The summed E-state index contributed by atoms with van der Waals surface area (Å²) in [4.78, 5) is 27.7. The number of benzene rings is 1. The quantitative estimate of drug-likeness (QED) is 0.647. The van der Waals surface area contributed by atoms with E-state index in [-0.39, 0.29) is 35.2 Å². The number of carbonyl (C=O) groups is 2. The van der Waals surface area contributed by atoms with Crippen LogP contribution >= 0.6 is 0 Å². The molecule has 1 aliphatic rings. The van der Waals surface area contributed by atoms with Crippen LogP contribution in [-0.2, 0) is 4.79 Å². The Morgan fingerprint density at radius 1 is 1.04 bits per heavy atom. The highest BCUT2D eigenvalue weighted by Crippen LogP contribution is 2.32. The normalized spacial score (nSPS) is 18.6. The van der Waals surface area contributed by atoms with Crippen molar-refractivity contribution in [3.63, 3.8) is 0 Å². The molecule has 0 spiro atoms. The van der Waals surface area contributed by atoms with Gasteiger partial charge in [0.1, 0.15) is 0 Å². The van der Waals surface area contributed by atoms with E-state index in [9.17, 15) is 9.59 Å². The SMILES string of the molecule is CCCCN(C(=O)CCC(=O)c1ccc(C)cc1)C1CC(C)(C)NC(C)(C)C1. The fraction of sp³-hybridized carbons (Fsp3) is 0.667. The van der Waals surface area contributed by atoms with E-state index in [0.29, 0.717) is 12.0 Å². The number of carbonyl (C=O) groups excluding carboxylic acids is 2. The molecule has 4 heteroatoms. The number of hydrogen-bond acceptors (Lipinski definition) is 3. The van der Waals surface area contributed by atoms with Crippen LogP contribution in [0.4, 0.5) is 0 Å². The van der Waals surface area contributed by atoms with Crippen LogP contribution in [0.2, 0.25) is 0 Å². The number of Topliss-reactive ketones (excluding diaryl/α,β-unsaturated/α-hetero) is 1. The van der Waals surface area contributed by atoms with Gasteiger partial charge in [-0.1, -0.05) is 43.2 Å². The molecule has 0 radical (unpaired) electrons. The van der Waals surface area contributed by atoms with E-state index >= 15 is 0 Å². The average Bonchev–Trinajstić information content (AvgIpc) is 2.58. The molecule has 0 unspecified atom stereocenters. The van der Waals surface area contributed by atoms with Gasteiger partial charge in [0.15, 0.2) is 5.78 Å². The highest BCUT2D eigenvalue weighted by Gasteiger charge is 2.40. The van der Waals surface area contributed by atoms with Crippen molar-refractivity contribution in [3.8, 4) is 0 Å². The molecule has 1 amide bonds. The molecule has 2 rings (SSSR count). The molecule has 1 aromatic rings. The van der Waals surface area contributed by atoms with Gasteiger partial charge in [-0.15, -0.1) is 0 Å². The molecule has 0 aliphatic carbocycles. The van der Waals surface area contributed by atoms with Crippen LogP contribution in [0.5, 0.6) is 0 Å². The van der Waals surface area contributed by atoms with Crippen LogP contribution in [0.15, 0.2) is 24.3 Å². The van der Waals surface area contributed by atoms with Gasteiger partial charge in [0.2, 0.25) is 5.91 Å². The van der Waals surface area contributed by atoms with Crippen LogP contribution < -0.4 is 5.32 Å². The van der Waals surface area contributed by atoms with Gasteiger partial charge >= 0.3 is 0 Å². The summed E-state index contributed by atoms with van der Waals surface area (Å²) >= 11 is 0. The van der Waals surface area contributed by atoms with Crippen molar-refractivity contribution in [2.75, 3.05) is 6.54 Å². The third-order valence-corrected chi connectivity index (χ3v) is 5.62. The first-order valence-corrected chi connectivity index (χ1v) is 10.7. The van der Waals surface area contributed by atoms with Gasteiger partial charge in [0.25, 0.3) is 0 Å². The fourth-order valence-corrected chi connectivity index (χ4v) is 4.58. The third-order valence-electron chi connectivity index (χ3n) is 5.62. The van der Waals surface area contributed by atoms with E-state index in [1.165, 1.54) is 0 Å². The van der Waals surface area contributed by atoms with Crippen molar-refractivity contribution >= 4 is 11.7 Å². The van der Waals surface area contributed by atoms with E-state index in [2.05, 4.69) is 44.8 Å². The molecule has 156 valence electrons. The number of aryl methyl sites for hydroxylation is 1. The van der Waals surface area contributed by atoms with Crippen LogP contribution in [-0.4, -0.2) is 40.3 Å². The molecule has 1 aliphatic heterocycles. The number of piperidine rings is 1. The van der Waals surface area contributed by atoms with Crippen molar-refractivity contribution in [3.05, 3.63) is 35.4 Å². The summed E-state index contributed by atoms with van der Waals surface area (Å²) in [6.07, 6.45) is 4.52. The lowest BCUT2D eigenvalue weighted by atomic mass is 9.79. The van der Waals surface area contributed by atoms with Crippen LogP contribution in [0.3, 0.4) is 0 Å². The van der Waals surface area contributed by atoms with E-state index < -0.39 is 0 Å². The maximum atomic E-state index is 13.1. The number of unbranched alkanes of at least 4 members (excludes halogenated alkanes) is 1. The van der Waals surface area contributed by atoms with Gasteiger partial charge in [-0.3, -0.25) is 9.59 Å². The molecule has 0 aromatic heterocycles. The smallest absolute Gasteiger partial charge is 0.223 e. The molecule has 1 saturated heterocycles. The largest absolute Gasteiger partial charge is 0.340 e. The Balaban J connectivity index is 2.06. The highest BCUT2D eigenvalue weighted by molar-refractivity contribution is 5.98. The first-order valence-electron chi connectivity index (χ1n) is 10.7. The molecule has 4 nitrogen and oxygen atoms in total. The number of ketones is 1. The second-order valence-electron chi connectivity index (χ2n) is 9.68. The lowest BCUT2D eigenvalue weighted by Gasteiger charge is -2.49. The highest BCUT2D eigenvalue weighted by atomic mass is 16.2. The molecular formula is C24H38N2O2. The Hall–Kier alpha value is -1.68. The minimum absolute atomic E-state index is 0.00508. The van der Waals surface area contributed by atoms with Crippen LogP contribution in [0.25, 0.3) is 0 Å². The molecule has 1 aromatic carbocycles. The summed E-state index contributed by atoms with van der Waals surface area (Å²) < 4.78 is 0. The monoisotopic (exact) mass is 386 g/mol. The second kappa shape index (κ2) is 9.21. The number of hydrogen-bond donors (Lipinski definition) is 1. The van der Waals surface area contributed by atoms with E-state index in [1.54, 1.807) is 0 Å². The Bertz CT molecular complexity index is 660. The Labute approximate surface area is 171 Å². The molecule has 0 atom stereocenters. The average molecular weight is 387 g/mol. The topological polar surface area (TPSA) is 49.4 Å². The summed E-state index contributed by atoms with van der Waals surface area (Å²) in [5, 5.41) is 3.70. The zero-order valence-electron chi connectivity index (χ0n) is 18.6. The predicted molar refractivity (Wildman–Crippen MR) is 116 cm³/mol. The first kappa shape index (κ1) is 22.6. The lowest BCUT2D eigenvalue weighted by Crippen LogP contribution is -2.62. The summed E-state index contributed by atoms with van der Waals surface area (Å²) in [7, 11) is 0. The van der Waals surface area contributed by atoms with Crippen molar-refractivity contribution in [1.29, 1.82) is 0 Å². The first-order chi connectivity index (χ1) is 13.0. The maximum Gasteiger partial charge on any atom is 0.223 e. The Morgan fingerprint density at radius 2 is 1.61 bits per heavy atom. The zero-order chi connectivity index (χ0) is 20.9. The number of amides is 1. The lowest BCUT2D eigenvalue weighted by molar-refractivity contribution is -0.135. The van der Waals surface area contributed by atoms with Crippen LogP contribution in [0, 0.1) is 6.92 Å². The predicted octanol–water partition coefficient (Wildman–Crippen LogP) is 4.90. The Kier molecular flexibility index (Phi) is 7.44. The molecular weight excluding hydrogens is 348 g/mol. The summed E-state index contributed by atoms with van der Waals surface area (Å²) in [6.45, 7) is 13.8. The summed E-state index contributed by atoms with van der Waals surface area (Å²) in [6, 6.07) is 7.83. The maximum absolute atomic E-state index is 13.1. The van der Waals surface area contributed by atoms with Gasteiger partial charge in [0.05, 0.1) is 0 Å². The minimum Gasteiger partial charge on any atom is -0.340 e. The van der Waals surface area contributed by atoms with Gasteiger partial charge in [-0.2, -0.15) is 0 Å². The molecule has 1 N–H and O–H groups in total. The number of nitrogens with one attached hydrogen (secondary N) is 1. The molecule has 28 heavy (non-hydrogen) atoms. The number of rotatable bonds is 8.